The molecular formula is C17H24N2O. The molecule has 3 atom stereocenters. The summed E-state index contributed by atoms with van der Waals surface area (Å²) >= 11 is 0. The van der Waals surface area contributed by atoms with Crippen molar-refractivity contribution in [3.63, 3.8) is 0 Å². The lowest BCUT2D eigenvalue weighted by atomic mass is 9.81. The predicted octanol–water partition coefficient (Wildman–Crippen LogP) is 2.30. The van der Waals surface area contributed by atoms with Crippen LogP contribution in [0.15, 0.2) is 24.3 Å². The molecule has 108 valence electrons. The van der Waals surface area contributed by atoms with Crippen molar-refractivity contribution >= 4 is 5.91 Å². The maximum atomic E-state index is 12.8. The number of carbonyl (C=O) groups is 1. The SMILES string of the molecule is CC1CCN(C(=O)C2CCCc3ccccc32)CC1N. The second-order valence-electron chi connectivity index (χ2n) is 6.36. The summed E-state index contributed by atoms with van der Waals surface area (Å²) < 4.78 is 0. The molecule has 20 heavy (non-hydrogen) atoms. The van der Waals surface area contributed by atoms with Gasteiger partial charge in [0.15, 0.2) is 0 Å². The van der Waals surface area contributed by atoms with E-state index in [1.165, 1.54) is 11.1 Å². The molecule has 0 bridgehead atoms. The van der Waals surface area contributed by atoms with Crippen molar-refractivity contribution in [3.8, 4) is 0 Å². The smallest absolute Gasteiger partial charge is 0.230 e. The monoisotopic (exact) mass is 272 g/mol. The Bertz CT molecular complexity index is 500. The zero-order chi connectivity index (χ0) is 14.1. The zero-order valence-corrected chi connectivity index (χ0v) is 12.2. The molecule has 0 spiro atoms. The standard InChI is InChI=1S/C17H24N2O/c1-12-9-10-19(11-16(12)18)17(20)15-8-4-6-13-5-2-3-7-14(13)15/h2-3,5,7,12,15-16H,4,6,8-11,18H2,1H3. The summed E-state index contributed by atoms with van der Waals surface area (Å²) in [4.78, 5) is 14.8. The lowest BCUT2D eigenvalue weighted by Crippen LogP contribution is -2.51. The fourth-order valence-electron chi connectivity index (χ4n) is 3.53. The van der Waals surface area contributed by atoms with Crippen molar-refractivity contribution in [2.24, 2.45) is 11.7 Å². The summed E-state index contributed by atoms with van der Waals surface area (Å²) in [6, 6.07) is 8.55. The van der Waals surface area contributed by atoms with Crippen LogP contribution < -0.4 is 5.73 Å². The number of hydrogen-bond donors (Lipinski definition) is 1. The first-order chi connectivity index (χ1) is 9.66. The first-order valence-corrected chi connectivity index (χ1v) is 7.79. The van der Waals surface area contributed by atoms with Gasteiger partial charge in [-0.1, -0.05) is 31.2 Å². The molecule has 3 unspecified atom stereocenters. The van der Waals surface area contributed by atoms with Crippen LogP contribution in [0.3, 0.4) is 0 Å². The van der Waals surface area contributed by atoms with E-state index in [4.69, 9.17) is 5.73 Å². The quantitative estimate of drug-likeness (QED) is 0.852. The van der Waals surface area contributed by atoms with E-state index in [2.05, 4.69) is 31.2 Å². The highest BCUT2D eigenvalue weighted by Crippen LogP contribution is 2.33. The number of benzene rings is 1. The zero-order valence-electron chi connectivity index (χ0n) is 12.2. The Balaban J connectivity index is 1.78. The number of hydrogen-bond acceptors (Lipinski definition) is 2. The molecule has 1 heterocycles. The van der Waals surface area contributed by atoms with Gasteiger partial charge in [-0.05, 0) is 42.7 Å². The van der Waals surface area contributed by atoms with Crippen LogP contribution in [-0.2, 0) is 11.2 Å². The van der Waals surface area contributed by atoms with Crippen LogP contribution >= 0.6 is 0 Å². The summed E-state index contributed by atoms with van der Waals surface area (Å²) in [5, 5.41) is 0. The lowest BCUT2D eigenvalue weighted by molar-refractivity contribution is -0.134. The summed E-state index contributed by atoms with van der Waals surface area (Å²) in [5.74, 6) is 0.873. The second kappa shape index (κ2) is 5.57. The van der Waals surface area contributed by atoms with Gasteiger partial charge >= 0.3 is 0 Å². The van der Waals surface area contributed by atoms with Crippen LogP contribution in [0.4, 0.5) is 0 Å². The maximum Gasteiger partial charge on any atom is 0.230 e. The number of piperidine rings is 1. The van der Waals surface area contributed by atoms with E-state index in [0.29, 0.717) is 11.8 Å². The van der Waals surface area contributed by atoms with Gasteiger partial charge in [0.05, 0.1) is 5.92 Å². The molecule has 1 aliphatic carbocycles. The molecule has 2 aliphatic rings. The number of aryl methyl sites for hydroxylation is 1. The predicted molar refractivity (Wildman–Crippen MR) is 80.5 cm³/mol. The fraction of sp³-hybridized carbons (Fsp3) is 0.588. The van der Waals surface area contributed by atoms with Crippen LogP contribution in [0.2, 0.25) is 0 Å². The third-order valence-corrected chi connectivity index (χ3v) is 5.00. The highest BCUT2D eigenvalue weighted by molar-refractivity contribution is 5.84. The van der Waals surface area contributed by atoms with Crippen LogP contribution in [0.1, 0.15) is 43.2 Å². The highest BCUT2D eigenvalue weighted by Gasteiger charge is 2.33. The molecular weight excluding hydrogens is 248 g/mol. The van der Waals surface area contributed by atoms with Gasteiger partial charge in [0.2, 0.25) is 5.91 Å². The molecule has 1 amide bonds. The van der Waals surface area contributed by atoms with Crippen LogP contribution in [-0.4, -0.2) is 29.9 Å². The third kappa shape index (κ3) is 2.47. The van der Waals surface area contributed by atoms with Crippen molar-refractivity contribution in [2.75, 3.05) is 13.1 Å². The van der Waals surface area contributed by atoms with Gasteiger partial charge in [-0.15, -0.1) is 0 Å². The maximum absolute atomic E-state index is 12.8. The molecule has 1 aromatic carbocycles. The second-order valence-corrected chi connectivity index (χ2v) is 6.36. The van der Waals surface area contributed by atoms with Crippen LogP contribution in [0.25, 0.3) is 0 Å². The molecule has 0 saturated carbocycles. The summed E-state index contributed by atoms with van der Waals surface area (Å²) in [5.41, 5.74) is 8.74. The van der Waals surface area contributed by atoms with Gasteiger partial charge in [-0.2, -0.15) is 0 Å². The summed E-state index contributed by atoms with van der Waals surface area (Å²) in [7, 11) is 0. The third-order valence-electron chi connectivity index (χ3n) is 5.00. The van der Waals surface area contributed by atoms with Crippen molar-refractivity contribution in [2.45, 2.75) is 44.6 Å². The summed E-state index contributed by atoms with van der Waals surface area (Å²) in [6.45, 7) is 3.77. The molecule has 3 rings (SSSR count). The van der Waals surface area contributed by atoms with Gasteiger partial charge in [0.25, 0.3) is 0 Å². The van der Waals surface area contributed by atoms with Crippen molar-refractivity contribution in [1.29, 1.82) is 0 Å². The van der Waals surface area contributed by atoms with Crippen LogP contribution in [0, 0.1) is 5.92 Å². The number of likely N-dealkylation sites (tertiary alicyclic amines) is 1. The van der Waals surface area contributed by atoms with E-state index < -0.39 is 0 Å². The minimum absolute atomic E-state index is 0.0561. The molecule has 3 heteroatoms. The average Bonchev–Trinajstić information content (AvgIpc) is 2.49. The van der Waals surface area contributed by atoms with E-state index in [1.807, 2.05) is 4.90 Å². The molecule has 1 fully saturated rings. The minimum Gasteiger partial charge on any atom is -0.341 e. The molecule has 1 saturated heterocycles. The molecule has 2 N–H and O–H groups in total. The van der Waals surface area contributed by atoms with E-state index in [-0.39, 0.29) is 12.0 Å². The molecule has 3 nitrogen and oxygen atoms in total. The number of rotatable bonds is 1. The molecule has 1 aliphatic heterocycles. The topological polar surface area (TPSA) is 46.3 Å². The molecule has 1 aromatic rings. The Labute approximate surface area is 121 Å². The number of carbonyl (C=O) groups excluding carboxylic acids is 1. The van der Waals surface area contributed by atoms with Gasteiger partial charge < -0.3 is 10.6 Å². The summed E-state index contributed by atoms with van der Waals surface area (Å²) in [6.07, 6.45) is 4.23. The minimum atomic E-state index is 0.0561. The van der Waals surface area contributed by atoms with Crippen molar-refractivity contribution < 1.29 is 4.79 Å². The first-order valence-electron chi connectivity index (χ1n) is 7.79. The van der Waals surface area contributed by atoms with E-state index in [0.717, 1.165) is 38.8 Å². The van der Waals surface area contributed by atoms with E-state index in [1.54, 1.807) is 0 Å². The number of nitrogens with zero attached hydrogens (tertiary/aromatic N) is 1. The van der Waals surface area contributed by atoms with Crippen molar-refractivity contribution in [3.05, 3.63) is 35.4 Å². The normalized spacial score (nSPS) is 29.9. The van der Waals surface area contributed by atoms with Gasteiger partial charge in [0.1, 0.15) is 0 Å². The largest absolute Gasteiger partial charge is 0.341 e. The first kappa shape index (κ1) is 13.6. The molecule has 0 aromatic heterocycles. The van der Waals surface area contributed by atoms with Crippen molar-refractivity contribution in [1.82, 2.24) is 4.90 Å². The van der Waals surface area contributed by atoms with Crippen LogP contribution in [0.5, 0.6) is 0 Å². The van der Waals surface area contributed by atoms with Gasteiger partial charge in [-0.3, -0.25) is 4.79 Å². The fourth-order valence-corrected chi connectivity index (χ4v) is 3.53. The van der Waals surface area contributed by atoms with E-state index >= 15 is 0 Å². The highest BCUT2D eigenvalue weighted by atomic mass is 16.2. The number of amides is 1. The Morgan fingerprint density at radius 2 is 2.10 bits per heavy atom. The Hall–Kier alpha value is -1.35. The average molecular weight is 272 g/mol. The van der Waals surface area contributed by atoms with E-state index in [9.17, 15) is 4.79 Å². The van der Waals surface area contributed by atoms with Gasteiger partial charge in [0, 0.05) is 19.1 Å². The number of nitrogens with two attached hydrogens (primary N) is 1. The lowest BCUT2D eigenvalue weighted by Gasteiger charge is -2.38. The Morgan fingerprint density at radius 3 is 2.90 bits per heavy atom. The Morgan fingerprint density at radius 1 is 1.30 bits per heavy atom. The van der Waals surface area contributed by atoms with Gasteiger partial charge in [-0.25, -0.2) is 0 Å². The molecule has 0 radical (unpaired) electrons. The Kier molecular flexibility index (Phi) is 3.79. The number of fused-ring (bicyclic) bond motifs is 1.